The third-order valence-electron chi connectivity index (χ3n) is 8.27. The summed E-state index contributed by atoms with van der Waals surface area (Å²) < 4.78 is 21.2. The van der Waals surface area contributed by atoms with Crippen molar-refractivity contribution in [2.45, 2.75) is 45.8 Å². The Morgan fingerprint density at radius 2 is 1.90 bits per heavy atom. The number of nitrogens with zero attached hydrogens (tertiary/aromatic N) is 5. The summed E-state index contributed by atoms with van der Waals surface area (Å²) in [4.78, 5) is 36.1. The number of likely N-dealkylation sites (tertiary alicyclic amines) is 1. The van der Waals surface area contributed by atoms with Crippen LogP contribution in [0.5, 0.6) is 0 Å². The van der Waals surface area contributed by atoms with Crippen molar-refractivity contribution in [1.29, 1.82) is 0 Å². The number of urea groups is 1. The lowest BCUT2D eigenvalue weighted by Gasteiger charge is -2.50. The predicted octanol–water partition coefficient (Wildman–Crippen LogP) is 4.30. The van der Waals surface area contributed by atoms with Gasteiger partial charge in [-0.2, -0.15) is 4.98 Å². The molecule has 0 spiro atoms. The van der Waals surface area contributed by atoms with Crippen LogP contribution in [0, 0.1) is 18.2 Å². The van der Waals surface area contributed by atoms with E-state index in [0.717, 1.165) is 11.1 Å². The van der Waals surface area contributed by atoms with Gasteiger partial charge >= 0.3 is 6.03 Å². The van der Waals surface area contributed by atoms with Gasteiger partial charge in [-0.25, -0.2) is 9.18 Å². The summed E-state index contributed by atoms with van der Waals surface area (Å²) in [5.74, 6) is 0.160. The zero-order valence-electron chi connectivity index (χ0n) is 23.1. The number of benzene rings is 2. The van der Waals surface area contributed by atoms with Gasteiger partial charge in [-0.15, -0.1) is 0 Å². The highest BCUT2D eigenvalue weighted by atomic mass is 19.1. The van der Waals surface area contributed by atoms with E-state index in [2.05, 4.69) is 25.3 Å². The molecule has 4 aromatic rings. The number of imide groups is 1. The summed E-state index contributed by atoms with van der Waals surface area (Å²) in [6, 6.07) is 12.3. The topological polar surface area (TPSA) is 125 Å². The summed E-state index contributed by atoms with van der Waals surface area (Å²) in [6.07, 6.45) is 1.98. The van der Waals surface area contributed by atoms with Crippen LogP contribution in [0.25, 0.3) is 22.3 Å². The molecule has 2 aromatic heterocycles. The first-order valence-corrected chi connectivity index (χ1v) is 13.6. The molecule has 0 bridgehead atoms. The second-order valence-corrected chi connectivity index (χ2v) is 11.5. The number of carbonyl (C=O) groups excluding carboxylic acids is 2. The van der Waals surface area contributed by atoms with Gasteiger partial charge in [0.25, 0.3) is 0 Å². The minimum Gasteiger partial charge on any atom is -0.384 e. The van der Waals surface area contributed by atoms with Crippen LogP contribution in [0.15, 0.2) is 53.2 Å². The van der Waals surface area contributed by atoms with E-state index in [1.165, 1.54) is 11.1 Å². The van der Waals surface area contributed by atoms with Gasteiger partial charge in [-0.05, 0) is 24.1 Å². The molecule has 212 valence electrons. The molecule has 4 heterocycles. The van der Waals surface area contributed by atoms with Gasteiger partial charge in [0.05, 0.1) is 23.0 Å². The zero-order valence-corrected chi connectivity index (χ0v) is 23.1. The Hall–Kier alpha value is -4.22. The SMILES string of the molecule is Cc1nc(-c2ccc(CN3CC[C@](O)(c4ccc5ncc(N6CCC(=O)NC6=O)cc5c4F)C(C)(C)C3)cc2)no1. The largest absolute Gasteiger partial charge is 0.384 e. The van der Waals surface area contributed by atoms with Gasteiger partial charge in [-0.1, -0.05) is 49.3 Å². The first kappa shape index (κ1) is 27.0. The number of piperidine rings is 1. The minimum absolute atomic E-state index is 0.152. The molecule has 2 aliphatic rings. The molecule has 2 N–H and O–H groups in total. The number of aliphatic hydroxyl groups is 1. The van der Waals surface area contributed by atoms with E-state index in [4.69, 9.17) is 4.52 Å². The number of amides is 3. The number of anilines is 1. The number of aromatic nitrogens is 3. The summed E-state index contributed by atoms with van der Waals surface area (Å²) in [5, 5.41) is 18.5. The molecule has 2 saturated heterocycles. The quantitative estimate of drug-likeness (QED) is 0.372. The molecule has 0 radical (unpaired) electrons. The van der Waals surface area contributed by atoms with Crippen LogP contribution in [0.1, 0.15) is 43.7 Å². The molecule has 2 aromatic carbocycles. The highest BCUT2D eigenvalue weighted by Crippen LogP contribution is 2.48. The molecular weight excluding hydrogens is 527 g/mol. The Kier molecular flexibility index (Phi) is 6.58. The number of halogens is 1. The predicted molar refractivity (Wildman–Crippen MR) is 149 cm³/mol. The van der Waals surface area contributed by atoms with Crippen LogP contribution in [0.2, 0.25) is 0 Å². The van der Waals surface area contributed by atoms with Gasteiger partial charge in [0.15, 0.2) is 0 Å². The molecule has 10 nitrogen and oxygen atoms in total. The molecule has 11 heteroatoms. The molecule has 3 amide bonds. The van der Waals surface area contributed by atoms with E-state index in [1.807, 2.05) is 38.1 Å². The van der Waals surface area contributed by atoms with Gasteiger partial charge < -0.3 is 9.63 Å². The fraction of sp³-hybridized carbons (Fsp3) is 0.367. The normalized spacial score (nSPS) is 21.3. The monoisotopic (exact) mass is 558 g/mol. The van der Waals surface area contributed by atoms with Crippen LogP contribution in [0.3, 0.4) is 0 Å². The number of aryl methyl sites for hydroxylation is 1. The van der Waals surface area contributed by atoms with Crippen molar-refractivity contribution >= 4 is 28.5 Å². The van der Waals surface area contributed by atoms with Crippen molar-refractivity contribution in [1.82, 2.24) is 25.3 Å². The van der Waals surface area contributed by atoms with Crippen LogP contribution < -0.4 is 10.2 Å². The fourth-order valence-electron chi connectivity index (χ4n) is 5.93. The Morgan fingerprint density at radius 3 is 2.59 bits per heavy atom. The lowest BCUT2D eigenvalue weighted by molar-refractivity contribution is -0.128. The second kappa shape index (κ2) is 10.0. The number of carbonyl (C=O) groups is 2. The van der Waals surface area contributed by atoms with E-state index in [-0.39, 0.29) is 29.8 Å². The molecule has 6 rings (SSSR count). The fourth-order valence-corrected chi connectivity index (χ4v) is 5.93. The van der Waals surface area contributed by atoms with E-state index in [1.54, 1.807) is 25.1 Å². The summed E-state index contributed by atoms with van der Waals surface area (Å²) >= 11 is 0. The number of rotatable bonds is 5. The van der Waals surface area contributed by atoms with E-state index in [0.29, 0.717) is 49.0 Å². The Bertz CT molecular complexity index is 1650. The highest BCUT2D eigenvalue weighted by molar-refractivity contribution is 6.06. The van der Waals surface area contributed by atoms with Crippen molar-refractivity contribution in [3.63, 3.8) is 0 Å². The molecule has 1 atom stereocenters. The number of hydrogen-bond donors (Lipinski definition) is 2. The first-order chi connectivity index (χ1) is 19.5. The van der Waals surface area contributed by atoms with Crippen LogP contribution in [-0.2, 0) is 16.9 Å². The Labute approximate surface area is 236 Å². The zero-order chi connectivity index (χ0) is 28.9. The number of pyridine rings is 1. The van der Waals surface area contributed by atoms with Gasteiger partial charge in [0, 0.05) is 61.5 Å². The Morgan fingerprint density at radius 1 is 1.12 bits per heavy atom. The standard InChI is InChI=1S/C30H31FN6O4/c1-18-33-27(35-41-18)20-6-4-19(5-7-20)16-36-13-11-30(40,29(2,3)17-36)23-8-9-24-22(26(23)31)14-21(15-32-24)37-12-10-25(38)34-28(37)39/h4-9,14-15,40H,10-13,16-17H2,1-3H3,(H,34,38,39)/t30-/m0/s1. The average Bonchev–Trinajstić information content (AvgIpc) is 3.37. The van der Waals surface area contributed by atoms with Crippen molar-refractivity contribution in [3.8, 4) is 11.4 Å². The maximum Gasteiger partial charge on any atom is 0.328 e. The molecular formula is C30H31FN6O4. The van der Waals surface area contributed by atoms with Gasteiger partial charge in [0.2, 0.25) is 17.6 Å². The Balaban J connectivity index is 1.23. The summed E-state index contributed by atoms with van der Waals surface area (Å²) in [7, 11) is 0. The molecule has 2 aliphatic heterocycles. The lowest BCUT2D eigenvalue weighted by atomic mass is 9.66. The molecule has 41 heavy (non-hydrogen) atoms. The summed E-state index contributed by atoms with van der Waals surface area (Å²) in [6.45, 7) is 7.64. The van der Waals surface area contributed by atoms with Crippen LogP contribution in [0.4, 0.5) is 14.9 Å². The minimum atomic E-state index is -1.42. The molecule has 0 unspecified atom stereocenters. The molecule has 0 saturated carbocycles. The number of fused-ring (bicyclic) bond motifs is 1. The lowest BCUT2D eigenvalue weighted by Crippen LogP contribution is -2.55. The van der Waals surface area contributed by atoms with Crippen molar-refractivity contribution in [2.75, 3.05) is 24.5 Å². The van der Waals surface area contributed by atoms with Gasteiger partial charge in [-0.3, -0.25) is 24.9 Å². The number of nitrogens with one attached hydrogen (secondary N) is 1. The smallest absolute Gasteiger partial charge is 0.328 e. The van der Waals surface area contributed by atoms with Crippen molar-refractivity contribution in [3.05, 3.63) is 71.5 Å². The van der Waals surface area contributed by atoms with Gasteiger partial charge in [0.1, 0.15) is 5.82 Å². The molecule has 0 aliphatic carbocycles. The van der Waals surface area contributed by atoms with Crippen molar-refractivity contribution < 1.29 is 23.6 Å². The number of hydrogen-bond acceptors (Lipinski definition) is 8. The molecule has 2 fully saturated rings. The van der Waals surface area contributed by atoms with Crippen molar-refractivity contribution in [2.24, 2.45) is 5.41 Å². The van der Waals surface area contributed by atoms with Crippen LogP contribution >= 0.6 is 0 Å². The highest BCUT2D eigenvalue weighted by Gasteiger charge is 2.50. The maximum atomic E-state index is 16.2. The first-order valence-electron chi connectivity index (χ1n) is 13.6. The average molecular weight is 559 g/mol. The third kappa shape index (κ3) is 4.85. The van der Waals surface area contributed by atoms with E-state index >= 15 is 4.39 Å². The third-order valence-corrected chi connectivity index (χ3v) is 8.27. The maximum absolute atomic E-state index is 16.2. The summed E-state index contributed by atoms with van der Waals surface area (Å²) in [5.41, 5.74) is 0.896. The second-order valence-electron chi connectivity index (χ2n) is 11.5. The van der Waals surface area contributed by atoms with E-state index in [9.17, 15) is 14.7 Å². The van der Waals surface area contributed by atoms with E-state index < -0.39 is 22.9 Å². The van der Waals surface area contributed by atoms with Crippen LogP contribution in [-0.4, -0.2) is 56.7 Å².